The van der Waals surface area contributed by atoms with Crippen LogP contribution in [0.5, 0.6) is 5.75 Å². The molecule has 1 aromatic rings. The molecule has 0 radical (unpaired) electrons. The van der Waals surface area contributed by atoms with Crippen LogP contribution in [0.2, 0.25) is 5.02 Å². The summed E-state index contributed by atoms with van der Waals surface area (Å²) in [6.07, 6.45) is 4.99. The minimum absolute atomic E-state index is 0.187. The molecule has 2 aliphatic rings. The summed E-state index contributed by atoms with van der Waals surface area (Å²) in [6.45, 7) is 2.17. The number of amides is 1. The van der Waals surface area contributed by atoms with Crippen LogP contribution in [-0.2, 0) is 20.7 Å². The second-order valence-corrected chi connectivity index (χ2v) is 7.44. The van der Waals surface area contributed by atoms with E-state index in [0.29, 0.717) is 17.4 Å². The first-order valence-corrected chi connectivity index (χ1v) is 9.28. The summed E-state index contributed by atoms with van der Waals surface area (Å²) in [7, 11) is 0. The SMILES string of the molecule is C[C@H]1CCCC[C@@H]1NC(=O)COC(=O)[C@H]1COc2ccc(Cl)cc2C1. The van der Waals surface area contributed by atoms with Crippen LogP contribution in [0.3, 0.4) is 0 Å². The molecule has 1 fully saturated rings. The first-order chi connectivity index (χ1) is 12.0. The van der Waals surface area contributed by atoms with Gasteiger partial charge in [-0.25, -0.2) is 0 Å². The third-order valence-electron chi connectivity index (χ3n) is 5.07. The molecule has 136 valence electrons. The molecule has 5 nitrogen and oxygen atoms in total. The Morgan fingerprint density at radius 2 is 2.12 bits per heavy atom. The van der Waals surface area contributed by atoms with E-state index in [1.165, 1.54) is 6.42 Å². The van der Waals surface area contributed by atoms with E-state index in [9.17, 15) is 9.59 Å². The fourth-order valence-electron chi connectivity index (χ4n) is 3.55. The summed E-state index contributed by atoms with van der Waals surface area (Å²) >= 11 is 5.99. The monoisotopic (exact) mass is 365 g/mol. The number of esters is 1. The molecule has 1 saturated carbocycles. The number of benzene rings is 1. The molecule has 0 aromatic heterocycles. The van der Waals surface area contributed by atoms with E-state index in [4.69, 9.17) is 21.1 Å². The topological polar surface area (TPSA) is 64.6 Å². The van der Waals surface area contributed by atoms with Gasteiger partial charge in [0.05, 0.1) is 5.92 Å². The van der Waals surface area contributed by atoms with E-state index in [1.54, 1.807) is 18.2 Å². The van der Waals surface area contributed by atoms with Gasteiger partial charge < -0.3 is 14.8 Å². The molecule has 3 atom stereocenters. The smallest absolute Gasteiger partial charge is 0.313 e. The minimum Gasteiger partial charge on any atom is -0.492 e. The second-order valence-electron chi connectivity index (χ2n) is 7.01. The molecule has 6 heteroatoms. The van der Waals surface area contributed by atoms with Crippen LogP contribution in [0.15, 0.2) is 18.2 Å². The van der Waals surface area contributed by atoms with Gasteiger partial charge in [-0.2, -0.15) is 0 Å². The van der Waals surface area contributed by atoms with Gasteiger partial charge in [0, 0.05) is 11.1 Å². The number of hydrogen-bond acceptors (Lipinski definition) is 4. The highest BCUT2D eigenvalue weighted by atomic mass is 35.5. The van der Waals surface area contributed by atoms with Crippen molar-refractivity contribution in [1.29, 1.82) is 0 Å². The summed E-state index contributed by atoms with van der Waals surface area (Å²) in [5, 5.41) is 3.59. The molecule has 0 spiro atoms. The van der Waals surface area contributed by atoms with E-state index in [0.717, 1.165) is 30.6 Å². The van der Waals surface area contributed by atoms with Crippen LogP contribution < -0.4 is 10.1 Å². The molecular weight excluding hydrogens is 342 g/mol. The van der Waals surface area contributed by atoms with Crippen molar-refractivity contribution < 1.29 is 19.1 Å². The van der Waals surface area contributed by atoms with Crippen molar-refractivity contribution in [1.82, 2.24) is 5.32 Å². The number of fused-ring (bicyclic) bond motifs is 1. The number of nitrogens with one attached hydrogen (secondary N) is 1. The average molecular weight is 366 g/mol. The van der Waals surface area contributed by atoms with Crippen molar-refractivity contribution in [2.75, 3.05) is 13.2 Å². The standard InChI is InChI=1S/C19H24ClNO4/c1-12-4-2-3-5-16(12)21-18(22)11-25-19(23)14-8-13-9-15(20)6-7-17(13)24-10-14/h6-7,9,12,14,16H,2-5,8,10-11H2,1H3,(H,21,22)/t12-,14+,16-/m0/s1. The van der Waals surface area contributed by atoms with Gasteiger partial charge in [-0.1, -0.05) is 31.4 Å². The van der Waals surface area contributed by atoms with Crippen molar-refractivity contribution in [2.45, 2.75) is 45.1 Å². The number of ether oxygens (including phenoxy) is 2. The van der Waals surface area contributed by atoms with E-state index in [1.807, 2.05) is 0 Å². The molecule has 1 amide bonds. The highest BCUT2D eigenvalue weighted by molar-refractivity contribution is 6.30. The molecular formula is C19H24ClNO4. The van der Waals surface area contributed by atoms with Crippen molar-refractivity contribution >= 4 is 23.5 Å². The lowest BCUT2D eigenvalue weighted by Gasteiger charge is -2.29. The average Bonchev–Trinajstić information content (AvgIpc) is 2.61. The molecule has 3 rings (SSSR count). The van der Waals surface area contributed by atoms with Crippen LogP contribution >= 0.6 is 11.6 Å². The van der Waals surface area contributed by atoms with Crippen LogP contribution in [0, 0.1) is 11.8 Å². The Morgan fingerprint density at radius 1 is 1.32 bits per heavy atom. The maximum atomic E-state index is 12.2. The van der Waals surface area contributed by atoms with Gasteiger partial charge in [0.2, 0.25) is 0 Å². The van der Waals surface area contributed by atoms with E-state index < -0.39 is 11.9 Å². The quantitative estimate of drug-likeness (QED) is 0.832. The molecule has 0 unspecified atom stereocenters. The van der Waals surface area contributed by atoms with Crippen molar-refractivity contribution in [3.05, 3.63) is 28.8 Å². The number of hydrogen-bond donors (Lipinski definition) is 1. The van der Waals surface area contributed by atoms with E-state index >= 15 is 0 Å². The summed E-state index contributed by atoms with van der Waals surface area (Å²) < 4.78 is 10.8. The van der Waals surface area contributed by atoms with E-state index in [2.05, 4.69) is 12.2 Å². The molecule has 0 saturated heterocycles. The molecule has 25 heavy (non-hydrogen) atoms. The lowest BCUT2D eigenvalue weighted by molar-refractivity contribution is -0.154. The lowest BCUT2D eigenvalue weighted by atomic mass is 9.86. The number of carbonyl (C=O) groups is 2. The summed E-state index contributed by atoms with van der Waals surface area (Å²) in [4.78, 5) is 24.3. The van der Waals surface area contributed by atoms with Crippen LogP contribution in [-0.4, -0.2) is 31.1 Å². The zero-order valence-corrected chi connectivity index (χ0v) is 15.2. The van der Waals surface area contributed by atoms with Crippen LogP contribution in [0.1, 0.15) is 38.2 Å². The van der Waals surface area contributed by atoms with Gasteiger partial charge >= 0.3 is 5.97 Å². The minimum atomic E-state index is -0.410. The van der Waals surface area contributed by atoms with Crippen molar-refractivity contribution in [3.8, 4) is 5.75 Å². The van der Waals surface area contributed by atoms with Gasteiger partial charge in [0.25, 0.3) is 5.91 Å². The summed E-state index contributed by atoms with van der Waals surface area (Å²) in [5.74, 6) is 0.177. The maximum Gasteiger partial charge on any atom is 0.313 e. The van der Waals surface area contributed by atoms with Gasteiger partial charge in [-0.3, -0.25) is 9.59 Å². The molecule has 1 heterocycles. The Morgan fingerprint density at radius 3 is 2.92 bits per heavy atom. The number of carbonyl (C=O) groups excluding carboxylic acids is 2. The summed E-state index contributed by atoms with van der Waals surface area (Å²) in [6, 6.07) is 5.55. The van der Waals surface area contributed by atoms with Crippen molar-refractivity contribution in [2.24, 2.45) is 11.8 Å². The summed E-state index contributed by atoms with van der Waals surface area (Å²) in [5.41, 5.74) is 0.890. The van der Waals surface area contributed by atoms with Gasteiger partial charge in [-0.05, 0) is 48.9 Å². The first kappa shape index (κ1) is 18.1. The van der Waals surface area contributed by atoms with Gasteiger partial charge in [0.1, 0.15) is 12.4 Å². The zero-order valence-electron chi connectivity index (χ0n) is 14.4. The fraction of sp³-hybridized carbons (Fsp3) is 0.579. The predicted octanol–water partition coefficient (Wildman–Crippen LogP) is 3.13. The van der Waals surface area contributed by atoms with E-state index in [-0.39, 0.29) is 25.2 Å². The molecule has 0 bridgehead atoms. The number of halogens is 1. The number of rotatable bonds is 4. The van der Waals surface area contributed by atoms with Crippen LogP contribution in [0.4, 0.5) is 0 Å². The Balaban J connectivity index is 1.47. The Hall–Kier alpha value is -1.75. The third-order valence-corrected chi connectivity index (χ3v) is 5.30. The Bertz CT molecular complexity index is 648. The van der Waals surface area contributed by atoms with Gasteiger partial charge in [0.15, 0.2) is 6.61 Å². The Labute approximate surface area is 153 Å². The third kappa shape index (κ3) is 4.66. The second kappa shape index (κ2) is 8.09. The van der Waals surface area contributed by atoms with Gasteiger partial charge in [-0.15, -0.1) is 0 Å². The maximum absolute atomic E-state index is 12.2. The predicted molar refractivity (Wildman–Crippen MR) is 94.7 cm³/mol. The molecule has 1 aliphatic heterocycles. The Kier molecular flexibility index (Phi) is 5.84. The largest absolute Gasteiger partial charge is 0.492 e. The lowest BCUT2D eigenvalue weighted by Crippen LogP contribution is -2.43. The highest BCUT2D eigenvalue weighted by Gasteiger charge is 2.28. The molecule has 1 N–H and O–H groups in total. The normalized spacial score (nSPS) is 25.4. The molecule has 1 aromatic carbocycles. The first-order valence-electron chi connectivity index (χ1n) is 8.90. The zero-order chi connectivity index (χ0) is 17.8. The highest BCUT2D eigenvalue weighted by Crippen LogP contribution is 2.30. The molecule has 1 aliphatic carbocycles. The van der Waals surface area contributed by atoms with Crippen LogP contribution in [0.25, 0.3) is 0 Å². The fourth-order valence-corrected chi connectivity index (χ4v) is 3.74. The van der Waals surface area contributed by atoms with Crippen molar-refractivity contribution in [3.63, 3.8) is 0 Å².